The van der Waals surface area contributed by atoms with Crippen LogP contribution in [0.5, 0.6) is 0 Å². The van der Waals surface area contributed by atoms with Gasteiger partial charge in [-0.1, -0.05) is 46.9 Å². The molecule has 0 saturated carbocycles. The normalized spacial score (nSPS) is 14.1. The summed E-state index contributed by atoms with van der Waals surface area (Å²) in [6.07, 6.45) is 2.94. The molecule has 1 heterocycles. The molecule has 152 valence electrons. The van der Waals surface area contributed by atoms with Gasteiger partial charge in [0.05, 0.1) is 29.6 Å². The van der Waals surface area contributed by atoms with Gasteiger partial charge in [0.25, 0.3) is 0 Å². The zero-order valence-corrected chi connectivity index (χ0v) is 18.3. The van der Waals surface area contributed by atoms with E-state index in [1.165, 1.54) is 6.08 Å². The molecule has 0 aliphatic carbocycles. The van der Waals surface area contributed by atoms with Crippen LogP contribution < -0.4 is 15.5 Å². The monoisotopic (exact) mass is 469 g/mol. The van der Waals surface area contributed by atoms with Crippen molar-refractivity contribution in [3.8, 4) is 0 Å². The van der Waals surface area contributed by atoms with Crippen molar-refractivity contribution in [1.82, 2.24) is 5.32 Å². The number of ether oxygens (including phenoxy) is 1. The lowest BCUT2D eigenvalue weighted by Crippen LogP contribution is -2.38. The van der Waals surface area contributed by atoms with E-state index in [0.717, 1.165) is 24.5 Å². The van der Waals surface area contributed by atoms with Gasteiger partial charge in [0.15, 0.2) is 5.11 Å². The highest BCUT2D eigenvalue weighted by Gasteiger charge is 2.18. The average molecular weight is 471 g/mol. The summed E-state index contributed by atoms with van der Waals surface area (Å²) in [7, 11) is 0. The number of hydrogen-bond acceptors (Lipinski definition) is 4. The van der Waals surface area contributed by atoms with Gasteiger partial charge in [0, 0.05) is 29.2 Å². The van der Waals surface area contributed by atoms with Crippen LogP contribution >= 0.6 is 47.0 Å². The van der Waals surface area contributed by atoms with Crippen molar-refractivity contribution < 1.29 is 9.53 Å². The first-order chi connectivity index (χ1) is 13.9. The Balaban J connectivity index is 1.65. The summed E-state index contributed by atoms with van der Waals surface area (Å²) >= 11 is 23.7. The molecule has 1 saturated heterocycles. The highest BCUT2D eigenvalue weighted by molar-refractivity contribution is 7.80. The molecule has 0 aromatic heterocycles. The Morgan fingerprint density at radius 1 is 1.10 bits per heavy atom. The summed E-state index contributed by atoms with van der Waals surface area (Å²) in [5, 5.41) is 7.42. The Bertz CT molecular complexity index is 947. The fourth-order valence-electron chi connectivity index (χ4n) is 2.83. The number of halogens is 3. The standard InChI is InChI=1S/C20H18Cl3N3O2S/c21-14-6-4-13(16(23)12-14)5-7-18(27)25-20(29)24-17-3-1-2-15(22)19(17)26-8-10-28-11-9-26/h1-7,12H,8-11H2,(H2,24,25,27,29). The minimum absolute atomic E-state index is 0.165. The van der Waals surface area contributed by atoms with Gasteiger partial charge < -0.3 is 15.0 Å². The van der Waals surface area contributed by atoms with E-state index in [2.05, 4.69) is 15.5 Å². The smallest absolute Gasteiger partial charge is 0.250 e. The van der Waals surface area contributed by atoms with Crippen molar-refractivity contribution in [2.24, 2.45) is 0 Å². The Morgan fingerprint density at radius 3 is 2.59 bits per heavy atom. The molecular formula is C20H18Cl3N3O2S. The predicted molar refractivity (Wildman–Crippen MR) is 124 cm³/mol. The number of rotatable bonds is 4. The van der Waals surface area contributed by atoms with E-state index in [0.29, 0.717) is 33.8 Å². The van der Waals surface area contributed by atoms with Gasteiger partial charge in [-0.3, -0.25) is 10.1 Å². The Morgan fingerprint density at radius 2 is 1.86 bits per heavy atom. The number of thiocarbonyl (C=S) groups is 1. The third kappa shape index (κ3) is 6.07. The van der Waals surface area contributed by atoms with Crippen molar-refractivity contribution in [3.05, 3.63) is 63.1 Å². The van der Waals surface area contributed by atoms with Gasteiger partial charge in [-0.05, 0) is 48.1 Å². The average Bonchev–Trinajstić information content (AvgIpc) is 2.68. The van der Waals surface area contributed by atoms with Crippen LogP contribution in [0, 0.1) is 0 Å². The zero-order valence-electron chi connectivity index (χ0n) is 15.3. The molecule has 2 N–H and O–H groups in total. The fourth-order valence-corrected chi connectivity index (χ4v) is 3.81. The molecule has 29 heavy (non-hydrogen) atoms. The second-order valence-corrected chi connectivity index (χ2v) is 7.84. The SMILES string of the molecule is O=C(C=Cc1ccc(Cl)cc1Cl)NC(=S)Nc1cccc(Cl)c1N1CCOCC1. The van der Waals surface area contributed by atoms with Crippen molar-refractivity contribution >= 4 is 75.5 Å². The molecule has 1 amide bonds. The number of benzene rings is 2. The van der Waals surface area contributed by atoms with Crippen molar-refractivity contribution in [3.63, 3.8) is 0 Å². The Labute approximate surface area is 189 Å². The fraction of sp³-hybridized carbons (Fsp3) is 0.200. The van der Waals surface area contributed by atoms with E-state index >= 15 is 0 Å². The van der Waals surface area contributed by atoms with Crippen LogP contribution in [0.15, 0.2) is 42.5 Å². The van der Waals surface area contributed by atoms with Crippen LogP contribution in [0.4, 0.5) is 11.4 Å². The second-order valence-electron chi connectivity index (χ2n) is 6.18. The maximum absolute atomic E-state index is 12.2. The molecule has 0 unspecified atom stereocenters. The van der Waals surface area contributed by atoms with Crippen LogP contribution in [0.2, 0.25) is 15.1 Å². The number of carbonyl (C=O) groups is 1. The molecule has 0 atom stereocenters. The number of morpholine rings is 1. The number of nitrogens with one attached hydrogen (secondary N) is 2. The van der Waals surface area contributed by atoms with E-state index in [4.69, 9.17) is 51.8 Å². The molecule has 2 aromatic carbocycles. The summed E-state index contributed by atoms with van der Waals surface area (Å²) in [5.74, 6) is -0.386. The van der Waals surface area contributed by atoms with Gasteiger partial charge in [-0.25, -0.2) is 0 Å². The largest absolute Gasteiger partial charge is 0.378 e. The molecule has 1 aliphatic rings. The number of carbonyl (C=O) groups excluding carboxylic acids is 1. The minimum atomic E-state index is -0.386. The highest BCUT2D eigenvalue weighted by Crippen LogP contribution is 2.34. The van der Waals surface area contributed by atoms with Crippen LogP contribution in [0.1, 0.15) is 5.56 Å². The lowest BCUT2D eigenvalue weighted by atomic mass is 10.2. The first-order valence-electron chi connectivity index (χ1n) is 8.80. The van der Waals surface area contributed by atoms with Gasteiger partial charge in [-0.15, -0.1) is 0 Å². The molecule has 9 heteroatoms. The molecule has 3 rings (SSSR count). The molecule has 0 spiro atoms. The van der Waals surface area contributed by atoms with E-state index in [-0.39, 0.29) is 11.0 Å². The summed E-state index contributed by atoms with van der Waals surface area (Å²) < 4.78 is 5.40. The summed E-state index contributed by atoms with van der Waals surface area (Å²) in [6.45, 7) is 2.71. The maximum Gasteiger partial charge on any atom is 0.250 e. The number of nitrogens with zero attached hydrogens (tertiary/aromatic N) is 1. The second kappa shape index (κ2) is 10.3. The van der Waals surface area contributed by atoms with Crippen molar-refractivity contribution in [2.45, 2.75) is 0 Å². The van der Waals surface area contributed by atoms with Gasteiger partial charge >= 0.3 is 0 Å². The molecule has 1 aliphatic heterocycles. The number of hydrogen-bond donors (Lipinski definition) is 2. The van der Waals surface area contributed by atoms with Gasteiger partial charge in [-0.2, -0.15) is 0 Å². The van der Waals surface area contributed by atoms with Crippen LogP contribution in [0.3, 0.4) is 0 Å². The van der Waals surface area contributed by atoms with Crippen molar-refractivity contribution in [2.75, 3.05) is 36.5 Å². The molecule has 0 radical (unpaired) electrons. The summed E-state index contributed by atoms with van der Waals surface area (Å²) in [5.41, 5.74) is 2.22. The molecule has 0 bridgehead atoms. The maximum atomic E-state index is 12.2. The minimum Gasteiger partial charge on any atom is -0.378 e. The topological polar surface area (TPSA) is 53.6 Å². The van der Waals surface area contributed by atoms with Crippen molar-refractivity contribution in [1.29, 1.82) is 0 Å². The van der Waals surface area contributed by atoms with Crippen LogP contribution in [-0.2, 0) is 9.53 Å². The molecule has 1 fully saturated rings. The Kier molecular flexibility index (Phi) is 7.75. The van der Waals surface area contributed by atoms with Gasteiger partial charge in [0.1, 0.15) is 0 Å². The van der Waals surface area contributed by atoms with E-state index in [1.807, 2.05) is 18.2 Å². The quantitative estimate of drug-likeness (QED) is 0.486. The number of anilines is 2. The third-order valence-corrected chi connectivity index (χ3v) is 5.25. The predicted octanol–water partition coefficient (Wildman–Crippen LogP) is 5.01. The van der Waals surface area contributed by atoms with E-state index in [1.54, 1.807) is 24.3 Å². The Hall–Kier alpha value is -1.83. The third-order valence-electron chi connectivity index (χ3n) is 4.18. The van der Waals surface area contributed by atoms with E-state index < -0.39 is 0 Å². The first-order valence-corrected chi connectivity index (χ1v) is 10.3. The highest BCUT2D eigenvalue weighted by atomic mass is 35.5. The van der Waals surface area contributed by atoms with Gasteiger partial charge in [0.2, 0.25) is 5.91 Å². The number of para-hydroxylation sites is 1. The zero-order chi connectivity index (χ0) is 20.8. The first kappa shape index (κ1) is 21.9. The molecule has 5 nitrogen and oxygen atoms in total. The molecular weight excluding hydrogens is 453 g/mol. The lowest BCUT2D eigenvalue weighted by molar-refractivity contribution is -0.115. The summed E-state index contributed by atoms with van der Waals surface area (Å²) in [4.78, 5) is 14.3. The van der Waals surface area contributed by atoms with Crippen LogP contribution in [0.25, 0.3) is 6.08 Å². The van der Waals surface area contributed by atoms with Crippen LogP contribution in [-0.4, -0.2) is 37.3 Å². The van der Waals surface area contributed by atoms with E-state index in [9.17, 15) is 4.79 Å². The molecule has 2 aromatic rings. The lowest BCUT2D eigenvalue weighted by Gasteiger charge is -2.31. The number of amides is 1. The summed E-state index contributed by atoms with van der Waals surface area (Å²) in [6, 6.07) is 10.5.